The lowest BCUT2D eigenvalue weighted by Crippen LogP contribution is -2.53. The summed E-state index contributed by atoms with van der Waals surface area (Å²) in [5.74, 6) is -1.99. The van der Waals surface area contributed by atoms with Crippen LogP contribution in [0.25, 0.3) is 0 Å². The van der Waals surface area contributed by atoms with Crippen LogP contribution in [-0.2, 0) is 38.8 Å². The zero-order valence-electron chi connectivity index (χ0n) is 21.5. The number of sulfonamides is 1. The van der Waals surface area contributed by atoms with Crippen LogP contribution in [0.5, 0.6) is 0 Å². The van der Waals surface area contributed by atoms with Crippen molar-refractivity contribution in [2.24, 2.45) is 0 Å². The van der Waals surface area contributed by atoms with Gasteiger partial charge in [0.05, 0.1) is 22.5 Å². The van der Waals surface area contributed by atoms with E-state index in [1.165, 1.54) is 19.2 Å². The lowest BCUT2D eigenvalue weighted by molar-refractivity contribution is -0.139. The third-order valence-corrected chi connectivity index (χ3v) is 7.45. The molecule has 2 amide bonds. The first-order valence-electron chi connectivity index (χ1n) is 11.8. The molecule has 0 aromatic heterocycles. The van der Waals surface area contributed by atoms with Crippen molar-refractivity contribution in [3.05, 3.63) is 100 Å². The summed E-state index contributed by atoms with van der Waals surface area (Å²) in [6.45, 7) is -1.18. The van der Waals surface area contributed by atoms with Crippen LogP contribution in [0.4, 0.5) is 23.2 Å². The molecule has 0 radical (unpaired) electrons. The molecule has 0 bridgehead atoms. The smallest absolute Gasteiger partial charge is 0.357 e. The number of benzene rings is 3. The van der Waals surface area contributed by atoms with Crippen LogP contribution in [0.2, 0.25) is 5.02 Å². The summed E-state index contributed by atoms with van der Waals surface area (Å²) in [7, 11) is -2.97. The van der Waals surface area contributed by atoms with Gasteiger partial charge in [0, 0.05) is 20.0 Å². The normalized spacial score (nSPS) is 12.5. The highest BCUT2D eigenvalue weighted by Crippen LogP contribution is 2.36. The first-order chi connectivity index (χ1) is 18.7. The minimum atomic E-state index is -4.80. The lowest BCUT2D eigenvalue weighted by atomic mass is 10.0. The van der Waals surface area contributed by atoms with Gasteiger partial charge in [0.2, 0.25) is 21.8 Å². The van der Waals surface area contributed by atoms with E-state index in [4.69, 9.17) is 11.6 Å². The van der Waals surface area contributed by atoms with Gasteiger partial charge in [0.15, 0.2) is 0 Å². The Kier molecular flexibility index (Phi) is 9.80. The molecule has 0 unspecified atom stereocenters. The van der Waals surface area contributed by atoms with Crippen LogP contribution in [0, 0.1) is 5.82 Å². The van der Waals surface area contributed by atoms with Crippen molar-refractivity contribution < 1.29 is 35.6 Å². The first-order valence-corrected chi connectivity index (χ1v) is 14.1. The fraction of sp³-hybridized carbons (Fsp3) is 0.259. The summed E-state index contributed by atoms with van der Waals surface area (Å²) in [4.78, 5) is 27.9. The third kappa shape index (κ3) is 7.95. The van der Waals surface area contributed by atoms with Crippen molar-refractivity contribution in [3.8, 4) is 0 Å². The van der Waals surface area contributed by atoms with Gasteiger partial charge in [0.1, 0.15) is 18.4 Å². The average molecular weight is 600 g/mol. The zero-order valence-corrected chi connectivity index (χ0v) is 23.0. The molecule has 1 atom stereocenters. The molecule has 0 spiro atoms. The van der Waals surface area contributed by atoms with E-state index in [2.05, 4.69) is 5.32 Å². The van der Waals surface area contributed by atoms with E-state index in [-0.39, 0.29) is 18.0 Å². The second-order valence-electron chi connectivity index (χ2n) is 8.90. The summed E-state index contributed by atoms with van der Waals surface area (Å²) in [6, 6.07) is 14.8. The molecule has 0 aliphatic rings. The SMILES string of the molecule is CNC(=O)[C@H](Cc1ccccc1)N(Cc1ccc(F)cc1)C(=O)CN(c1cc(C(F)(F)F)ccc1Cl)S(C)(=O)=O. The Morgan fingerprint density at radius 3 is 2.15 bits per heavy atom. The predicted molar refractivity (Wildman–Crippen MR) is 144 cm³/mol. The Morgan fingerprint density at radius 2 is 1.60 bits per heavy atom. The standard InChI is InChI=1S/C27H26ClF4N3O4S/c1-33-26(37)24(14-18-6-4-3-5-7-18)34(16-19-8-11-21(29)12-9-19)25(36)17-35(40(2,38)39)23-15-20(27(30,31)32)10-13-22(23)28/h3-13,15,24H,14,16-17H2,1-2H3,(H,33,37)/t24-/m0/s1. The summed E-state index contributed by atoms with van der Waals surface area (Å²) >= 11 is 6.10. The Labute approximate surface area is 234 Å². The van der Waals surface area contributed by atoms with Crippen LogP contribution in [-0.4, -0.2) is 51.0 Å². The molecule has 3 aromatic rings. The Balaban J connectivity index is 2.08. The minimum absolute atomic E-state index is 0.0383. The molecule has 7 nitrogen and oxygen atoms in total. The highest BCUT2D eigenvalue weighted by molar-refractivity contribution is 7.92. The fourth-order valence-electron chi connectivity index (χ4n) is 3.98. The number of anilines is 1. The van der Waals surface area contributed by atoms with Crippen molar-refractivity contribution >= 4 is 39.1 Å². The van der Waals surface area contributed by atoms with E-state index < -0.39 is 57.7 Å². The number of hydrogen-bond donors (Lipinski definition) is 1. The van der Waals surface area contributed by atoms with E-state index in [1.54, 1.807) is 30.3 Å². The summed E-state index contributed by atoms with van der Waals surface area (Å²) in [5.41, 5.74) is -0.592. The number of nitrogens with zero attached hydrogens (tertiary/aromatic N) is 2. The highest BCUT2D eigenvalue weighted by Gasteiger charge is 2.35. The van der Waals surface area contributed by atoms with Crippen molar-refractivity contribution in [2.75, 3.05) is 24.2 Å². The molecule has 0 heterocycles. The average Bonchev–Trinajstić information content (AvgIpc) is 2.89. The summed E-state index contributed by atoms with van der Waals surface area (Å²) in [5, 5.41) is 2.16. The predicted octanol–water partition coefficient (Wildman–Crippen LogP) is 4.65. The molecule has 214 valence electrons. The number of hydrogen-bond acceptors (Lipinski definition) is 4. The Bertz CT molecular complexity index is 1450. The first kappa shape index (κ1) is 30.9. The van der Waals surface area contributed by atoms with Crippen LogP contribution >= 0.6 is 11.6 Å². The van der Waals surface area contributed by atoms with Gasteiger partial charge in [-0.3, -0.25) is 13.9 Å². The van der Waals surface area contributed by atoms with E-state index in [1.807, 2.05) is 0 Å². The molecule has 40 heavy (non-hydrogen) atoms. The van der Waals surface area contributed by atoms with Gasteiger partial charge in [-0.15, -0.1) is 0 Å². The Hall–Kier alpha value is -3.64. The number of alkyl halides is 3. The molecular weight excluding hydrogens is 574 g/mol. The van der Waals surface area contributed by atoms with Crippen LogP contribution in [0.3, 0.4) is 0 Å². The van der Waals surface area contributed by atoms with Gasteiger partial charge in [-0.2, -0.15) is 13.2 Å². The maximum Gasteiger partial charge on any atom is 0.416 e. The lowest BCUT2D eigenvalue weighted by Gasteiger charge is -2.33. The maximum absolute atomic E-state index is 13.8. The highest BCUT2D eigenvalue weighted by atomic mass is 35.5. The quantitative estimate of drug-likeness (QED) is 0.344. The largest absolute Gasteiger partial charge is 0.416 e. The molecule has 0 fully saturated rings. The molecule has 0 saturated heterocycles. The fourth-order valence-corrected chi connectivity index (χ4v) is 5.10. The van der Waals surface area contributed by atoms with Crippen LogP contribution in [0.15, 0.2) is 72.8 Å². The molecule has 0 saturated carbocycles. The van der Waals surface area contributed by atoms with Crippen molar-refractivity contribution in [1.29, 1.82) is 0 Å². The summed E-state index contributed by atoms with van der Waals surface area (Å²) in [6.07, 6.45) is -4.04. The topological polar surface area (TPSA) is 86.8 Å². The third-order valence-electron chi connectivity index (χ3n) is 6.01. The number of halogens is 5. The number of rotatable bonds is 10. The number of carbonyl (C=O) groups excluding carboxylic acids is 2. The number of nitrogens with one attached hydrogen (secondary N) is 1. The number of carbonyl (C=O) groups is 2. The molecular formula is C27H26ClF4N3O4S. The van der Waals surface area contributed by atoms with Gasteiger partial charge in [-0.25, -0.2) is 12.8 Å². The minimum Gasteiger partial charge on any atom is -0.357 e. The van der Waals surface area contributed by atoms with Crippen molar-refractivity contribution in [3.63, 3.8) is 0 Å². The molecule has 1 N–H and O–H groups in total. The monoisotopic (exact) mass is 599 g/mol. The molecule has 0 aliphatic carbocycles. The molecule has 3 rings (SSSR count). The Morgan fingerprint density at radius 1 is 0.975 bits per heavy atom. The summed E-state index contributed by atoms with van der Waals surface area (Å²) < 4.78 is 79.7. The van der Waals surface area contributed by atoms with Gasteiger partial charge < -0.3 is 10.2 Å². The van der Waals surface area contributed by atoms with E-state index in [9.17, 15) is 35.6 Å². The van der Waals surface area contributed by atoms with Gasteiger partial charge >= 0.3 is 6.18 Å². The van der Waals surface area contributed by atoms with Gasteiger partial charge in [-0.1, -0.05) is 54.1 Å². The van der Waals surface area contributed by atoms with Crippen LogP contribution < -0.4 is 9.62 Å². The zero-order chi connectivity index (χ0) is 29.7. The van der Waals surface area contributed by atoms with Crippen molar-refractivity contribution in [1.82, 2.24) is 10.2 Å². The van der Waals surface area contributed by atoms with E-state index in [0.29, 0.717) is 27.6 Å². The second-order valence-corrected chi connectivity index (χ2v) is 11.2. The molecule has 3 aromatic carbocycles. The van der Waals surface area contributed by atoms with E-state index >= 15 is 0 Å². The van der Waals surface area contributed by atoms with Gasteiger partial charge in [-0.05, 0) is 41.5 Å². The maximum atomic E-state index is 13.8. The number of amides is 2. The van der Waals surface area contributed by atoms with Crippen molar-refractivity contribution in [2.45, 2.75) is 25.2 Å². The van der Waals surface area contributed by atoms with Gasteiger partial charge in [0.25, 0.3) is 0 Å². The van der Waals surface area contributed by atoms with Crippen LogP contribution in [0.1, 0.15) is 16.7 Å². The number of likely N-dealkylation sites (N-methyl/N-ethyl adjacent to an activating group) is 1. The molecule has 13 heteroatoms. The van der Waals surface area contributed by atoms with E-state index in [0.717, 1.165) is 29.4 Å². The molecule has 0 aliphatic heterocycles. The second kappa shape index (κ2) is 12.7.